The minimum atomic E-state index is -0.412. The molecule has 3 aromatic rings. The van der Waals surface area contributed by atoms with E-state index in [0.717, 1.165) is 40.4 Å². The van der Waals surface area contributed by atoms with Crippen LogP contribution in [0.5, 0.6) is 0 Å². The highest BCUT2D eigenvalue weighted by atomic mass is 32.2. The lowest BCUT2D eigenvalue weighted by Gasteiger charge is -2.34. The number of non-ortho nitro benzene ring substituents is 1. The number of nitro benzene ring substituents is 1. The molecule has 1 unspecified atom stereocenters. The van der Waals surface area contributed by atoms with Gasteiger partial charge in [0.15, 0.2) is 10.6 Å². The van der Waals surface area contributed by atoms with Crippen molar-refractivity contribution in [2.45, 2.75) is 22.6 Å². The first kappa shape index (κ1) is 17.0. The number of nitrogens with zero attached hydrogens (tertiary/aromatic N) is 3. The zero-order valence-corrected chi connectivity index (χ0v) is 15.3. The molecule has 1 aliphatic rings. The minimum absolute atomic E-state index is 0.0506. The van der Waals surface area contributed by atoms with Crippen LogP contribution >= 0.6 is 23.1 Å². The SMILES string of the molecule is O=CC(Sc1nc2ccc([N+](=O)[O-])cc2s1)N1CCCc2ccccc21. The van der Waals surface area contributed by atoms with Gasteiger partial charge in [0.2, 0.25) is 0 Å². The van der Waals surface area contributed by atoms with Gasteiger partial charge in [-0.3, -0.25) is 10.1 Å². The fourth-order valence-electron chi connectivity index (χ4n) is 3.15. The van der Waals surface area contributed by atoms with Crippen molar-refractivity contribution in [1.82, 2.24) is 4.98 Å². The molecular weight excluding hydrogens is 370 g/mol. The minimum Gasteiger partial charge on any atom is -0.353 e. The number of hydrogen-bond donors (Lipinski definition) is 0. The van der Waals surface area contributed by atoms with Crippen molar-refractivity contribution >= 4 is 51.0 Å². The van der Waals surface area contributed by atoms with E-state index in [0.29, 0.717) is 5.52 Å². The lowest BCUT2D eigenvalue weighted by molar-refractivity contribution is -0.384. The Morgan fingerprint density at radius 1 is 1.31 bits per heavy atom. The van der Waals surface area contributed by atoms with E-state index >= 15 is 0 Å². The number of hydrogen-bond acceptors (Lipinski definition) is 7. The van der Waals surface area contributed by atoms with E-state index in [1.54, 1.807) is 6.07 Å². The molecule has 132 valence electrons. The number of benzene rings is 2. The molecule has 0 bridgehead atoms. The number of thioether (sulfide) groups is 1. The lowest BCUT2D eigenvalue weighted by Crippen LogP contribution is -2.38. The third-order valence-electron chi connectivity index (χ3n) is 4.35. The van der Waals surface area contributed by atoms with Crippen LogP contribution in [0.3, 0.4) is 0 Å². The largest absolute Gasteiger partial charge is 0.353 e. The highest BCUT2D eigenvalue weighted by Crippen LogP contribution is 2.37. The van der Waals surface area contributed by atoms with Gasteiger partial charge in [-0.2, -0.15) is 0 Å². The Kier molecular flexibility index (Phi) is 4.60. The summed E-state index contributed by atoms with van der Waals surface area (Å²) in [5, 5.41) is 10.6. The second-order valence-electron chi connectivity index (χ2n) is 5.96. The van der Waals surface area contributed by atoms with Crippen LogP contribution < -0.4 is 4.90 Å². The van der Waals surface area contributed by atoms with Crippen molar-refractivity contribution < 1.29 is 9.72 Å². The number of aromatic nitrogens is 1. The van der Waals surface area contributed by atoms with E-state index in [-0.39, 0.29) is 11.1 Å². The molecule has 8 heteroatoms. The van der Waals surface area contributed by atoms with E-state index in [1.807, 2.05) is 18.2 Å². The number of aryl methyl sites for hydroxylation is 1. The summed E-state index contributed by atoms with van der Waals surface area (Å²) in [5.41, 5.74) is 3.12. The second-order valence-corrected chi connectivity index (χ2v) is 8.35. The molecule has 0 spiro atoms. The molecule has 0 N–H and O–H groups in total. The molecule has 1 aromatic heterocycles. The van der Waals surface area contributed by atoms with Crippen molar-refractivity contribution in [1.29, 1.82) is 0 Å². The summed E-state index contributed by atoms with van der Waals surface area (Å²) in [5.74, 6) is 0. The van der Waals surface area contributed by atoms with Crippen molar-refractivity contribution in [3.8, 4) is 0 Å². The predicted molar refractivity (Wildman–Crippen MR) is 104 cm³/mol. The van der Waals surface area contributed by atoms with Crippen molar-refractivity contribution in [2.24, 2.45) is 0 Å². The molecule has 0 aliphatic carbocycles. The highest BCUT2D eigenvalue weighted by Gasteiger charge is 2.25. The summed E-state index contributed by atoms with van der Waals surface area (Å²) >= 11 is 2.77. The van der Waals surface area contributed by atoms with Gasteiger partial charge in [-0.1, -0.05) is 30.0 Å². The van der Waals surface area contributed by atoms with Gasteiger partial charge in [0.25, 0.3) is 5.69 Å². The summed E-state index contributed by atoms with van der Waals surface area (Å²) < 4.78 is 1.49. The highest BCUT2D eigenvalue weighted by molar-refractivity contribution is 8.02. The Balaban J connectivity index is 1.62. The van der Waals surface area contributed by atoms with E-state index < -0.39 is 4.92 Å². The summed E-state index contributed by atoms with van der Waals surface area (Å²) in [6, 6.07) is 12.8. The predicted octanol–water partition coefficient (Wildman–Crippen LogP) is 4.27. The number of nitro groups is 1. The van der Waals surface area contributed by atoms with Crippen LogP contribution in [-0.2, 0) is 11.2 Å². The van der Waals surface area contributed by atoms with Gasteiger partial charge in [-0.15, -0.1) is 11.3 Å². The third-order valence-corrected chi connectivity index (χ3v) is 6.61. The Hall–Kier alpha value is -2.45. The molecule has 4 rings (SSSR count). The monoisotopic (exact) mass is 385 g/mol. The molecule has 6 nitrogen and oxygen atoms in total. The maximum Gasteiger partial charge on any atom is 0.270 e. The lowest BCUT2D eigenvalue weighted by atomic mass is 10.0. The first-order valence-corrected chi connectivity index (χ1v) is 9.87. The third kappa shape index (κ3) is 3.17. The smallest absolute Gasteiger partial charge is 0.270 e. The van der Waals surface area contributed by atoms with Crippen molar-refractivity contribution in [3.05, 3.63) is 58.1 Å². The number of carbonyl (C=O) groups is 1. The topological polar surface area (TPSA) is 76.3 Å². The van der Waals surface area contributed by atoms with E-state index in [2.05, 4.69) is 16.0 Å². The maximum atomic E-state index is 11.8. The molecule has 0 saturated carbocycles. The average Bonchev–Trinajstić information content (AvgIpc) is 3.07. The van der Waals surface area contributed by atoms with Crippen LogP contribution in [0.4, 0.5) is 11.4 Å². The van der Waals surface area contributed by atoms with Gasteiger partial charge < -0.3 is 9.69 Å². The Bertz CT molecular complexity index is 989. The summed E-state index contributed by atoms with van der Waals surface area (Å²) in [4.78, 5) is 29.0. The molecule has 2 heterocycles. The fourth-order valence-corrected chi connectivity index (χ4v) is 5.40. The fraction of sp³-hybridized carbons (Fsp3) is 0.222. The summed E-state index contributed by atoms with van der Waals surface area (Å²) in [7, 11) is 0. The van der Waals surface area contributed by atoms with E-state index in [1.165, 1.54) is 40.8 Å². The molecular formula is C18H15N3O3S2. The number of carbonyl (C=O) groups excluding carboxylic acids is 1. The molecule has 0 amide bonds. The number of anilines is 1. The van der Waals surface area contributed by atoms with Crippen LogP contribution in [0.1, 0.15) is 12.0 Å². The van der Waals surface area contributed by atoms with Crippen molar-refractivity contribution in [3.63, 3.8) is 0 Å². The van der Waals surface area contributed by atoms with E-state index in [9.17, 15) is 14.9 Å². The molecule has 0 radical (unpaired) electrons. The molecule has 1 aliphatic heterocycles. The van der Waals surface area contributed by atoms with Crippen LogP contribution in [0.25, 0.3) is 10.2 Å². The van der Waals surface area contributed by atoms with Gasteiger partial charge in [0, 0.05) is 24.4 Å². The van der Waals surface area contributed by atoms with Crippen LogP contribution in [-0.4, -0.2) is 28.1 Å². The van der Waals surface area contributed by atoms with Gasteiger partial charge >= 0.3 is 0 Å². The maximum absolute atomic E-state index is 11.8. The molecule has 2 aromatic carbocycles. The standard InChI is InChI=1S/C18H15N3O3S2/c22-11-17(20-9-3-5-12-4-1-2-6-15(12)20)26-18-19-14-8-7-13(21(23)24)10-16(14)25-18/h1-2,4,6-8,10-11,17H,3,5,9H2. The average molecular weight is 385 g/mol. The van der Waals surface area contributed by atoms with Crippen molar-refractivity contribution in [2.75, 3.05) is 11.4 Å². The molecule has 26 heavy (non-hydrogen) atoms. The summed E-state index contributed by atoms with van der Waals surface area (Å²) in [6.07, 6.45) is 2.98. The van der Waals surface area contributed by atoms with Gasteiger partial charge in [-0.25, -0.2) is 4.98 Å². The Morgan fingerprint density at radius 2 is 2.15 bits per heavy atom. The first-order chi connectivity index (χ1) is 12.7. The second kappa shape index (κ2) is 7.05. The van der Waals surface area contributed by atoms with Crippen LogP contribution in [0.15, 0.2) is 46.8 Å². The van der Waals surface area contributed by atoms with Crippen LogP contribution in [0.2, 0.25) is 0 Å². The summed E-state index contributed by atoms with van der Waals surface area (Å²) in [6.45, 7) is 0.823. The number of aldehydes is 1. The zero-order chi connectivity index (χ0) is 18.1. The molecule has 0 fully saturated rings. The number of para-hydroxylation sites is 1. The molecule has 1 atom stereocenters. The van der Waals surface area contributed by atoms with Gasteiger partial charge in [0.1, 0.15) is 5.37 Å². The number of thiazole rings is 1. The normalized spacial score (nSPS) is 14.8. The Morgan fingerprint density at radius 3 is 2.96 bits per heavy atom. The number of rotatable bonds is 5. The first-order valence-electron chi connectivity index (χ1n) is 8.17. The van der Waals surface area contributed by atoms with Crippen LogP contribution in [0, 0.1) is 10.1 Å². The number of fused-ring (bicyclic) bond motifs is 2. The quantitative estimate of drug-likeness (QED) is 0.282. The van der Waals surface area contributed by atoms with E-state index in [4.69, 9.17) is 0 Å². The zero-order valence-electron chi connectivity index (χ0n) is 13.7. The Labute approximate surface area is 158 Å². The van der Waals surface area contributed by atoms with Gasteiger partial charge in [0.05, 0.1) is 15.1 Å². The van der Waals surface area contributed by atoms with Gasteiger partial charge in [-0.05, 0) is 30.5 Å². The molecule has 0 saturated heterocycles.